The Morgan fingerprint density at radius 2 is 0.809 bits per heavy atom. The smallest absolute Gasteiger partial charge is 0.252 e. The van der Waals surface area contributed by atoms with Crippen molar-refractivity contribution in [3.8, 4) is 11.1 Å². The lowest BCUT2D eigenvalue weighted by molar-refractivity contribution is 1.26. The number of benzene rings is 7. The molecule has 0 aliphatic carbocycles. The van der Waals surface area contributed by atoms with E-state index in [0.717, 1.165) is 22.5 Å². The summed E-state index contributed by atoms with van der Waals surface area (Å²) in [6.07, 6.45) is 3.77. The van der Waals surface area contributed by atoms with E-state index in [0.29, 0.717) is 0 Å². The van der Waals surface area contributed by atoms with E-state index < -0.39 is 0 Å². The van der Waals surface area contributed by atoms with E-state index >= 15 is 0 Å². The summed E-state index contributed by atoms with van der Waals surface area (Å²) < 4.78 is 0. The van der Waals surface area contributed by atoms with Crippen molar-refractivity contribution in [2.45, 2.75) is 0 Å². The van der Waals surface area contributed by atoms with Crippen LogP contribution in [0.3, 0.4) is 0 Å². The predicted molar refractivity (Wildman–Crippen MR) is 199 cm³/mol. The Hall–Kier alpha value is -6.13. The molecule has 0 bridgehead atoms. The minimum Gasteiger partial charge on any atom is -0.311 e. The van der Waals surface area contributed by atoms with Crippen LogP contribution in [0.4, 0.5) is 34.1 Å². The van der Waals surface area contributed by atoms with E-state index in [9.17, 15) is 0 Å². The zero-order chi connectivity index (χ0) is 30.9. The zero-order valence-electron chi connectivity index (χ0n) is 25.6. The Morgan fingerprint density at radius 1 is 0.383 bits per heavy atom. The first-order valence-corrected chi connectivity index (χ1v) is 16.2. The van der Waals surface area contributed by atoms with E-state index in [1.165, 1.54) is 60.7 Å². The number of pyridine rings is 1. The molecule has 4 heteroatoms. The highest BCUT2D eigenvalue weighted by Gasteiger charge is 2.44. The van der Waals surface area contributed by atoms with E-state index in [-0.39, 0.29) is 6.71 Å². The predicted octanol–water partition coefficient (Wildman–Crippen LogP) is 9.14. The highest BCUT2D eigenvalue weighted by atomic mass is 15.2. The van der Waals surface area contributed by atoms with Gasteiger partial charge in [0, 0.05) is 46.5 Å². The summed E-state index contributed by atoms with van der Waals surface area (Å²) in [7, 11) is 0. The molecule has 2 aliphatic heterocycles. The summed E-state index contributed by atoms with van der Waals surface area (Å²) in [5.74, 6) is 0. The topological polar surface area (TPSA) is 19.4 Å². The number of para-hydroxylation sites is 2. The Kier molecular flexibility index (Phi) is 5.67. The minimum atomic E-state index is 0.0469. The molecule has 3 nitrogen and oxygen atoms in total. The third kappa shape index (κ3) is 3.98. The van der Waals surface area contributed by atoms with Gasteiger partial charge in [-0.1, -0.05) is 97.1 Å². The third-order valence-electron chi connectivity index (χ3n) is 9.84. The van der Waals surface area contributed by atoms with Crippen LogP contribution in [0.1, 0.15) is 0 Å². The van der Waals surface area contributed by atoms with Crippen LogP contribution in [-0.4, -0.2) is 11.7 Å². The summed E-state index contributed by atoms with van der Waals surface area (Å²) in [4.78, 5) is 9.31. The lowest BCUT2D eigenvalue weighted by Crippen LogP contribution is -2.61. The van der Waals surface area contributed by atoms with Crippen molar-refractivity contribution in [1.82, 2.24) is 4.98 Å². The van der Waals surface area contributed by atoms with Crippen molar-refractivity contribution in [3.05, 3.63) is 170 Å². The number of aromatic nitrogens is 1. The Balaban J connectivity index is 1.39. The second-order valence-electron chi connectivity index (χ2n) is 12.5. The molecule has 2 aliphatic rings. The van der Waals surface area contributed by atoms with Crippen LogP contribution in [0, 0.1) is 0 Å². The van der Waals surface area contributed by atoms with Gasteiger partial charge in [0.1, 0.15) is 0 Å². The normalized spacial score (nSPS) is 13.0. The molecular formula is C43H28BN3. The van der Waals surface area contributed by atoms with Crippen LogP contribution in [-0.2, 0) is 0 Å². The van der Waals surface area contributed by atoms with Crippen molar-refractivity contribution < 1.29 is 0 Å². The molecule has 0 radical (unpaired) electrons. The van der Waals surface area contributed by atoms with Crippen LogP contribution < -0.4 is 26.2 Å². The minimum absolute atomic E-state index is 0.0469. The van der Waals surface area contributed by atoms with E-state index in [4.69, 9.17) is 0 Å². The van der Waals surface area contributed by atoms with Crippen LogP contribution >= 0.6 is 0 Å². The maximum absolute atomic E-state index is 4.35. The number of rotatable bonds is 3. The van der Waals surface area contributed by atoms with Crippen molar-refractivity contribution in [2.75, 3.05) is 9.80 Å². The summed E-state index contributed by atoms with van der Waals surface area (Å²) in [6, 6.07) is 57.8. The molecule has 0 atom stereocenters. The van der Waals surface area contributed by atoms with E-state index in [1.54, 1.807) is 0 Å². The average Bonchev–Trinajstić information content (AvgIpc) is 3.14. The summed E-state index contributed by atoms with van der Waals surface area (Å²) >= 11 is 0. The molecule has 47 heavy (non-hydrogen) atoms. The third-order valence-corrected chi connectivity index (χ3v) is 9.84. The number of fused-ring (bicyclic) bond motifs is 6. The second-order valence-corrected chi connectivity index (χ2v) is 12.5. The molecule has 0 N–H and O–H groups in total. The first-order chi connectivity index (χ1) is 23.3. The zero-order valence-corrected chi connectivity index (χ0v) is 25.6. The summed E-state index contributed by atoms with van der Waals surface area (Å²) in [5.41, 5.74) is 13.4. The van der Waals surface area contributed by atoms with Crippen molar-refractivity contribution in [1.29, 1.82) is 0 Å². The molecule has 7 aromatic carbocycles. The maximum atomic E-state index is 4.35. The molecule has 0 unspecified atom stereocenters. The molecule has 10 rings (SSSR count). The number of hydrogen-bond donors (Lipinski definition) is 0. The van der Waals surface area contributed by atoms with Gasteiger partial charge in [0.25, 0.3) is 6.71 Å². The van der Waals surface area contributed by atoms with Gasteiger partial charge in [0.05, 0.1) is 0 Å². The van der Waals surface area contributed by atoms with Gasteiger partial charge < -0.3 is 9.80 Å². The lowest BCUT2D eigenvalue weighted by Gasteiger charge is -2.44. The standard InChI is InChI=1S/C43H28BN3/c1-3-15-35(16-4-1)46-39-25-32-13-9-7-11-30(32)23-37(39)44-38-24-31-12-8-10-14-33(31)26-40(38)47(36-17-5-2-6-18-36)42-28-34(27-41(46)43(42)44)29-19-21-45-22-20-29/h1-28H. The molecule has 0 amide bonds. The van der Waals surface area contributed by atoms with Crippen molar-refractivity contribution >= 4 is 78.8 Å². The molecule has 0 spiro atoms. The van der Waals surface area contributed by atoms with Crippen molar-refractivity contribution in [3.63, 3.8) is 0 Å². The average molecular weight is 598 g/mol. The van der Waals surface area contributed by atoms with Gasteiger partial charge in [-0.2, -0.15) is 0 Å². The quantitative estimate of drug-likeness (QED) is 0.189. The lowest BCUT2D eigenvalue weighted by atomic mass is 9.33. The van der Waals surface area contributed by atoms with Gasteiger partial charge in [-0.25, -0.2) is 0 Å². The van der Waals surface area contributed by atoms with Crippen LogP contribution in [0.5, 0.6) is 0 Å². The molecular weight excluding hydrogens is 569 g/mol. The Bertz CT molecular complexity index is 2330. The fourth-order valence-corrected chi connectivity index (χ4v) is 7.79. The number of nitrogens with zero attached hydrogens (tertiary/aromatic N) is 3. The first kappa shape index (κ1) is 26.1. The highest BCUT2D eigenvalue weighted by Crippen LogP contribution is 2.46. The van der Waals surface area contributed by atoms with Gasteiger partial charge in [-0.15, -0.1) is 0 Å². The largest absolute Gasteiger partial charge is 0.311 e. The molecule has 218 valence electrons. The Labute approximate surface area is 274 Å². The Morgan fingerprint density at radius 3 is 1.28 bits per heavy atom. The first-order valence-electron chi connectivity index (χ1n) is 16.2. The molecule has 1 aromatic heterocycles. The molecule has 0 saturated heterocycles. The van der Waals surface area contributed by atoms with Gasteiger partial charge in [-0.3, -0.25) is 4.98 Å². The molecule has 0 saturated carbocycles. The van der Waals surface area contributed by atoms with E-state index in [1.807, 2.05) is 12.4 Å². The SMILES string of the molecule is c1ccc(N2c3cc4ccccc4cc3B3c4cc5ccccc5cc4N(c4ccccc4)c4cc(-c5ccncc5)cc2c43)cc1. The monoisotopic (exact) mass is 597 g/mol. The van der Waals surface area contributed by atoms with Gasteiger partial charge in [0.2, 0.25) is 0 Å². The van der Waals surface area contributed by atoms with Gasteiger partial charge >= 0.3 is 0 Å². The van der Waals surface area contributed by atoms with Crippen molar-refractivity contribution in [2.24, 2.45) is 0 Å². The molecule has 3 heterocycles. The fourth-order valence-electron chi connectivity index (χ4n) is 7.79. The van der Waals surface area contributed by atoms with Gasteiger partial charge in [-0.05, 0) is 110 Å². The second kappa shape index (κ2) is 10.2. The number of hydrogen-bond acceptors (Lipinski definition) is 3. The van der Waals surface area contributed by atoms with E-state index in [2.05, 4.69) is 173 Å². The van der Waals surface area contributed by atoms with Crippen LogP contribution in [0.25, 0.3) is 32.7 Å². The summed E-state index contributed by atoms with van der Waals surface area (Å²) in [5, 5.41) is 4.99. The fraction of sp³-hybridized carbons (Fsp3) is 0. The molecule has 0 fully saturated rings. The van der Waals surface area contributed by atoms with Crippen LogP contribution in [0.2, 0.25) is 0 Å². The van der Waals surface area contributed by atoms with Crippen LogP contribution in [0.15, 0.2) is 170 Å². The molecule has 8 aromatic rings. The highest BCUT2D eigenvalue weighted by molar-refractivity contribution is 7.00. The maximum Gasteiger partial charge on any atom is 0.252 e. The van der Waals surface area contributed by atoms with Gasteiger partial charge in [0.15, 0.2) is 0 Å². The summed E-state index contributed by atoms with van der Waals surface area (Å²) in [6.45, 7) is 0.0469. The number of anilines is 6.